The summed E-state index contributed by atoms with van der Waals surface area (Å²) in [4.78, 5) is 10.4. The smallest absolute Gasteiger partial charge is 0.385 e. The number of esters is 1. The first-order chi connectivity index (χ1) is 5.31. The number of carbonyl (C=O) groups is 1. The summed E-state index contributed by atoms with van der Waals surface area (Å²) in [7, 11) is 1.64. The quantitative estimate of drug-likeness (QED) is 0.249. The summed E-state index contributed by atoms with van der Waals surface area (Å²) in [5, 5.41) is 0. The largest absolute Gasteiger partial charge is 0.484 e. The number of rotatable bonds is 6. The van der Waals surface area contributed by atoms with Crippen molar-refractivity contribution in [2.75, 3.05) is 20.3 Å². The van der Waals surface area contributed by atoms with Crippen LogP contribution in [0.5, 0.6) is 0 Å². The number of hydrogen-bond donors (Lipinski definition) is 0. The fourth-order valence-electron chi connectivity index (χ4n) is 0.569. The van der Waals surface area contributed by atoms with Crippen LogP contribution in [0.1, 0.15) is 12.8 Å². The molecule has 3 heteroatoms. The van der Waals surface area contributed by atoms with Gasteiger partial charge in [-0.15, -0.1) is 4.79 Å². The summed E-state index contributed by atoms with van der Waals surface area (Å²) in [6.45, 7) is 6.00. The number of methoxy groups -OCH3 is 1. The Hall–Kier alpha value is -0.920. The zero-order chi connectivity index (χ0) is 8.53. The third kappa shape index (κ3) is 6.97. The average molecular weight is 157 g/mol. The zero-order valence-corrected chi connectivity index (χ0v) is 6.71. The van der Waals surface area contributed by atoms with Gasteiger partial charge in [0.15, 0.2) is 0 Å². The topological polar surface area (TPSA) is 35.5 Å². The van der Waals surface area contributed by atoms with Gasteiger partial charge in [-0.1, -0.05) is 0 Å². The van der Waals surface area contributed by atoms with Gasteiger partial charge >= 0.3 is 5.97 Å². The summed E-state index contributed by atoms with van der Waals surface area (Å²) in [6.07, 6.45) is 2.62. The van der Waals surface area contributed by atoms with Gasteiger partial charge in [0.05, 0.1) is 6.58 Å². The Bertz CT molecular complexity index is 121. The van der Waals surface area contributed by atoms with E-state index < -0.39 is 5.97 Å². The lowest BCUT2D eigenvalue weighted by Gasteiger charge is -1.96. The molecule has 62 valence electrons. The van der Waals surface area contributed by atoms with Crippen LogP contribution in [0.4, 0.5) is 0 Å². The first kappa shape index (κ1) is 10.1. The van der Waals surface area contributed by atoms with Gasteiger partial charge in [0.25, 0.3) is 0 Å². The van der Waals surface area contributed by atoms with Gasteiger partial charge in [0.1, 0.15) is 6.61 Å². The van der Waals surface area contributed by atoms with Crippen LogP contribution in [0.25, 0.3) is 0 Å². The fourth-order valence-corrected chi connectivity index (χ4v) is 0.569. The number of unbranched alkanes of at least 4 members (excludes halogenated alkanes) is 1. The molecule has 0 aliphatic carbocycles. The van der Waals surface area contributed by atoms with E-state index in [2.05, 4.69) is 4.74 Å². The van der Waals surface area contributed by atoms with Crippen LogP contribution in [0.2, 0.25) is 0 Å². The van der Waals surface area contributed by atoms with Crippen LogP contribution < -0.4 is 0 Å². The highest BCUT2D eigenvalue weighted by Crippen LogP contribution is 1.90. The van der Waals surface area contributed by atoms with Gasteiger partial charge in [-0.3, -0.25) is 0 Å². The maximum absolute atomic E-state index is 10.4. The summed E-state index contributed by atoms with van der Waals surface area (Å²) in [6, 6.07) is 0. The van der Waals surface area contributed by atoms with Crippen LogP contribution in [-0.4, -0.2) is 26.3 Å². The van der Waals surface area contributed by atoms with Crippen molar-refractivity contribution in [3.63, 3.8) is 0 Å². The third-order valence-corrected chi connectivity index (χ3v) is 1.12. The van der Waals surface area contributed by atoms with Crippen molar-refractivity contribution in [2.45, 2.75) is 12.8 Å². The minimum Gasteiger partial charge on any atom is -0.385 e. The molecule has 0 spiro atoms. The molecule has 0 aliphatic rings. The van der Waals surface area contributed by atoms with Gasteiger partial charge in [-0.25, -0.2) is 0 Å². The van der Waals surface area contributed by atoms with Gasteiger partial charge in [-0.05, 0) is 12.8 Å². The Balaban J connectivity index is 3.01. The van der Waals surface area contributed by atoms with Crippen molar-refractivity contribution in [3.8, 4) is 0 Å². The second-order valence-corrected chi connectivity index (χ2v) is 2.03. The molecule has 0 atom stereocenters. The molecule has 0 aliphatic heterocycles. The highest BCUT2D eigenvalue weighted by molar-refractivity contribution is 5.80. The van der Waals surface area contributed by atoms with Gasteiger partial charge in [0.2, 0.25) is 6.08 Å². The molecule has 0 amide bonds. The molecule has 0 fully saturated rings. The molecule has 0 saturated heterocycles. The summed E-state index contributed by atoms with van der Waals surface area (Å²) < 4.78 is 9.46. The standard InChI is InChI=1S/C8H13O3/c1-3-8(9)11-7-5-4-6-10-2/h1,3H,4-7H2,2H3/q+1. The molecule has 11 heavy (non-hydrogen) atoms. The second-order valence-electron chi connectivity index (χ2n) is 2.03. The summed E-state index contributed by atoms with van der Waals surface area (Å²) in [5.41, 5.74) is 0. The van der Waals surface area contributed by atoms with Crippen LogP contribution in [0.15, 0.2) is 6.08 Å². The Labute approximate surface area is 67.0 Å². The van der Waals surface area contributed by atoms with Crippen LogP contribution >= 0.6 is 0 Å². The average Bonchev–Trinajstić information content (AvgIpc) is 2.04. The first-order valence-electron chi connectivity index (χ1n) is 3.52. The highest BCUT2D eigenvalue weighted by atomic mass is 16.5. The van der Waals surface area contributed by atoms with Gasteiger partial charge in [0, 0.05) is 13.7 Å². The lowest BCUT2D eigenvalue weighted by atomic mass is 10.3. The highest BCUT2D eigenvalue weighted by Gasteiger charge is 2.03. The second kappa shape index (κ2) is 7.19. The predicted molar refractivity (Wildman–Crippen MR) is 40.9 cm³/mol. The molecule has 0 bridgehead atoms. The van der Waals surface area contributed by atoms with Crippen LogP contribution in [0, 0.1) is 6.58 Å². The fraction of sp³-hybridized carbons (Fsp3) is 0.625. The van der Waals surface area contributed by atoms with E-state index in [4.69, 9.17) is 11.3 Å². The molecule has 0 heterocycles. The Morgan fingerprint density at radius 3 is 2.64 bits per heavy atom. The maximum Gasteiger partial charge on any atom is 0.484 e. The van der Waals surface area contributed by atoms with Crippen molar-refractivity contribution < 1.29 is 14.3 Å². The van der Waals surface area contributed by atoms with Crippen molar-refractivity contribution in [3.05, 3.63) is 12.7 Å². The third-order valence-electron chi connectivity index (χ3n) is 1.12. The number of hydrogen-bond acceptors (Lipinski definition) is 3. The summed E-state index contributed by atoms with van der Waals surface area (Å²) in [5.74, 6) is -0.470. The van der Waals surface area contributed by atoms with E-state index in [1.807, 2.05) is 0 Å². The maximum atomic E-state index is 10.4. The minimum absolute atomic E-state index is 0.413. The Kier molecular flexibility index (Phi) is 6.59. The lowest BCUT2D eigenvalue weighted by molar-refractivity contribution is -0.137. The molecule has 0 N–H and O–H groups in total. The van der Waals surface area contributed by atoms with E-state index in [1.54, 1.807) is 7.11 Å². The summed E-state index contributed by atoms with van der Waals surface area (Å²) >= 11 is 0. The van der Waals surface area contributed by atoms with E-state index in [9.17, 15) is 4.79 Å². The molecule has 0 saturated carbocycles. The van der Waals surface area contributed by atoms with E-state index in [0.29, 0.717) is 13.2 Å². The molecule has 0 aromatic rings. The van der Waals surface area contributed by atoms with Gasteiger partial charge < -0.3 is 9.47 Å². The van der Waals surface area contributed by atoms with Crippen molar-refractivity contribution in [1.29, 1.82) is 0 Å². The molecule has 0 aromatic heterocycles. The van der Waals surface area contributed by atoms with Crippen LogP contribution in [-0.2, 0) is 14.3 Å². The van der Waals surface area contributed by atoms with E-state index in [1.165, 1.54) is 0 Å². The molecular weight excluding hydrogens is 144 g/mol. The first-order valence-corrected chi connectivity index (χ1v) is 3.52. The van der Waals surface area contributed by atoms with Crippen molar-refractivity contribution in [1.82, 2.24) is 0 Å². The monoisotopic (exact) mass is 157 g/mol. The van der Waals surface area contributed by atoms with E-state index in [0.717, 1.165) is 18.9 Å². The lowest BCUT2D eigenvalue weighted by Crippen LogP contribution is -2.02. The normalized spacial score (nSPS) is 9.09. The molecular formula is C8H13O3+. The number of ether oxygens (including phenoxy) is 2. The molecule has 3 nitrogen and oxygen atoms in total. The Morgan fingerprint density at radius 2 is 2.09 bits per heavy atom. The van der Waals surface area contributed by atoms with Crippen molar-refractivity contribution in [2.24, 2.45) is 0 Å². The van der Waals surface area contributed by atoms with E-state index >= 15 is 0 Å². The number of carbonyl (C=O) groups excluding carboxylic acids is 1. The van der Waals surface area contributed by atoms with Crippen molar-refractivity contribution >= 4 is 5.97 Å². The molecule has 0 aromatic carbocycles. The minimum atomic E-state index is -0.470. The molecule has 0 rings (SSSR count). The predicted octanol–water partition coefficient (Wildman–Crippen LogP) is 0.945. The van der Waals surface area contributed by atoms with E-state index in [-0.39, 0.29) is 0 Å². The molecule has 0 unspecified atom stereocenters. The zero-order valence-electron chi connectivity index (χ0n) is 6.71. The molecule has 0 radical (unpaired) electrons. The Morgan fingerprint density at radius 1 is 1.45 bits per heavy atom. The SMILES string of the molecule is [CH+]=CC(=O)OCCCCOC. The van der Waals surface area contributed by atoms with Crippen LogP contribution in [0.3, 0.4) is 0 Å². The van der Waals surface area contributed by atoms with Gasteiger partial charge in [-0.2, -0.15) is 0 Å².